The Bertz CT molecular complexity index is 476. The van der Waals surface area contributed by atoms with Gasteiger partial charge in [-0.1, -0.05) is 0 Å². The van der Waals surface area contributed by atoms with Crippen LogP contribution in [0.5, 0.6) is 0 Å². The number of unbranched alkanes of at least 4 members (excludes halogenated alkanes) is 2. The van der Waals surface area contributed by atoms with Gasteiger partial charge in [-0.15, -0.1) is 0 Å². The number of nitrogens with one attached hydrogen (secondary N) is 2. The number of rotatable bonds is 7. The molecular formula is C14H19F3N2O2. The molecule has 1 aromatic carbocycles. The molecule has 0 aliphatic rings. The van der Waals surface area contributed by atoms with Crippen LogP contribution < -0.4 is 10.6 Å². The molecule has 1 rings (SSSR count). The first-order valence-corrected chi connectivity index (χ1v) is 6.68. The van der Waals surface area contributed by atoms with Crippen LogP contribution in [0.2, 0.25) is 0 Å². The summed E-state index contributed by atoms with van der Waals surface area (Å²) < 4.78 is 38.1. The van der Waals surface area contributed by atoms with Crippen LogP contribution in [0.1, 0.15) is 31.7 Å². The number of aliphatic hydroxyl groups excluding tert-OH is 1. The Balaban J connectivity index is 2.81. The molecule has 0 fully saturated rings. The fraction of sp³-hybridized carbons (Fsp3) is 0.500. The molecule has 7 heteroatoms. The molecule has 1 aromatic rings. The minimum Gasteiger partial charge on any atom is -0.396 e. The summed E-state index contributed by atoms with van der Waals surface area (Å²) in [6.07, 6.45) is -2.28. The second-order valence-electron chi connectivity index (χ2n) is 4.65. The minimum atomic E-state index is -4.43. The molecule has 21 heavy (non-hydrogen) atoms. The molecule has 0 heterocycles. The standard InChI is InChI=1S/C14H19F3N2O2/c1-10(21)19-12-6-5-11(14(15,16)17)9-13(12)18-7-3-2-4-8-20/h5-6,9,18,20H,2-4,7-8H2,1H3,(H,19,21). The molecule has 0 saturated heterocycles. The first-order chi connectivity index (χ1) is 9.84. The van der Waals surface area contributed by atoms with Crippen LogP contribution in [0.25, 0.3) is 0 Å². The lowest BCUT2D eigenvalue weighted by Gasteiger charge is -2.15. The van der Waals surface area contributed by atoms with E-state index in [9.17, 15) is 18.0 Å². The van der Waals surface area contributed by atoms with Crippen molar-refractivity contribution < 1.29 is 23.1 Å². The molecule has 0 saturated carbocycles. The second-order valence-corrected chi connectivity index (χ2v) is 4.65. The van der Waals surface area contributed by atoms with E-state index in [2.05, 4.69) is 10.6 Å². The summed E-state index contributed by atoms with van der Waals surface area (Å²) in [5, 5.41) is 14.0. The summed E-state index contributed by atoms with van der Waals surface area (Å²) in [4.78, 5) is 11.1. The maximum atomic E-state index is 12.7. The minimum absolute atomic E-state index is 0.0979. The predicted molar refractivity (Wildman–Crippen MR) is 75.2 cm³/mol. The third-order valence-corrected chi connectivity index (χ3v) is 2.81. The summed E-state index contributed by atoms with van der Waals surface area (Å²) in [5.74, 6) is -0.349. The number of halogens is 3. The lowest BCUT2D eigenvalue weighted by Crippen LogP contribution is -2.12. The van der Waals surface area contributed by atoms with Crippen molar-refractivity contribution in [2.24, 2.45) is 0 Å². The van der Waals surface area contributed by atoms with Crippen molar-refractivity contribution in [2.75, 3.05) is 23.8 Å². The van der Waals surface area contributed by atoms with Crippen LogP contribution in [0.4, 0.5) is 24.5 Å². The van der Waals surface area contributed by atoms with E-state index in [1.54, 1.807) is 0 Å². The monoisotopic (exact) mass is 304 g/mol. The van der Waals surface area contributed by atoms with E-state index in [1.165, 1.54) is 13.0 Å². The van der Waals surface area contributed by atoms with Gasteiger partial charge >= 0.3 is 6.18 Å². The SMILES string of the molecule is CC(=O)Nc1ccc(C(F)(F)F)cc1NCCCCCO. The van der Waals surface area contributed by atoms with Gasteiger partial charge in [-0.2, -0.15) is 13.2 Å². The fourth-order valence-electron chi connectivity index (χ4n) is 1.80. The van der Waals surface area contributed by atoms with E-state index in [-0.39, 0.29) is 18.2 Å². The lowest BCUT2D eigenvalue weighted by atomic mass is 10.1. The van der Waals surface area contributed by atoms with Crippen molar-refractivity contribution in [2.45, 2.75) is 32.4 Å². The zero-order valence-corrected chi connectivity index (χ0v) is 11.8. The average Bonchev–Trinajstić information content (AvgIpc) is 2.38. The maximum absolute atomic E-state index is 12.7. The van der Waals surface area contributed by atoms with Gasteiger partial charge in [-0.25, -0.2) is 0 Å². The predicted octanol–water partition coefficient (Wildman–Crippen LogP) is 3.24. The van der Waals surface area contributed by atoms with Crippen LogP contribution in [-0.4, -0.2) is 24.2 Å². The zero-order chi connectivity index (χ0) is 15.9. The number of benzene rings is 1. The van der Waals surface area contributed by atoms with Crippen molar-refractivity contribution in [1.29, 1.82) is 0 Å². The third-order valence-electron chi connectivity index (χ3n) is 2.81. The van der Waals surface area contributed by atoms with Gasteiger partial charge in [-0.3, -0.25) is 4.79 Å². The summed E-state index contributed by atoms with van der Waals surface area (Å²) in [5.41, 5.74) is -0.212. The highest BCUT2D eigenvalue weighted by Crippen LogP contribution is 2.34. The summed E-state index contributed by atoms with van der Waals surface area (Å²) >= 11 is 0. The lowest BCUT2D eigenvalue weighted by molar-refractivity contribution is -0.137. The number of aliphatic hydroxyl groups is 1. The van der Waals surface area contributed by atoms with Crippen molar-refractivity contribution in [3.05, 3.63) is 23.8 Å². The highest BCUT2D eigenvalue weighted by Gasteiger charge is 2.31. The number of hydrogen-bond acceptors (Lipinski definition) is 3. The van der Waals surface area contributed by atoms with Gasteiger partial charge in [0.05, 0.1) is 16.9 Å². The van der Waals surface area contributed by atoms with Gasteiger partial charge in [0.2, 0.25) is 5.91 Å². The summed E-state index contributed by atoms with van der Waals surface area (Å²) in [6, 6.07) is 3.15. The number of carbonyl (C=O) groups excluding carboxylic acids is 1. The molecular weight excluding hydrogens is 285 g/mol. The molecule has 1 amide bonds. The maximum Gasteiger partial charge on any atom is 0.416 e. The Kier molecular flexibility index (Phi) is 6.48. The molecule has 0 aliphatic heterocycles. The first kappa shape index (κ1) is 17.3. The molecule has 0 unspecified atom stereocenters. The van der Waals surface area contributed by atoms with Crippen molar-refractivity contribution in [1.82, 2.24) is 0 Å². The number of anilines is 2. The van der Waals surface area contributed by atoms with Crippen LogP contribution >= 0.6 is 0 Å². The first-order valence-electron chi connectivity index (χ1n) is 6.68. The van der Waals surface area contributed by atoms with Crippen LogP contribution in [-0.2, 0) is 11.0 Å². The third kappa shape index (κ3) is 6.03. The largest absolute Gasteiger partial charge is 0.416 e. The van der Waals surface area contributed by atoms with Crippen LogP contribution in [0.15, 0.2) is 18.2 Å². The zero-order valence-electron chi connectivity index (χ0n) is 11.8. The Hall–Kier alpha value is -1.76. The van der Waals surface area contributed by atoms with Gasteiger partial charge < -0.3 is 15.7 Å². The highest BCUT2D eigenvalue weighted by molar-refractivity contribution is 5.92. The molecule has 0 aromatic heterocycles. The summed E-state index contributed by atoms with van der Waals surface area (Å²) in [6.45, 7) is 1.86. The van der Waals surface area contributed by atoms with Crippen LogP contribution in [0.3, 0.4) is 0 Å². The smallest absolute Gasteiger partial charge is 0.396 e. The Labute approximate surface area is 121 Å². The topological polar surface area (TPSA) is 61.4 Å². The Morgan fingerprint density at radius 3 is 2.48 bits per heavy atom. The van der Waals surface area contributed by atoms with Gasteiger partial charge in [0.1, 0.15) is 0 Å². The quantitative estimate of drug-likeness (QED) is 0.678. The molecule has 0 radical (unpaired) electrons. The molecule has 118 valence electrons. The van der Waals surface area contributed by atoms with Crippen molar-refractivity contribution in [3.63, 3.8) is 0 Å². The Morgan fingerprint density at radius 2 is 1.90 bits per heavy atom. The van der Waals surface area contributed by atoms with Gasteiger partial charge in [-0.05, 0) is 37.5 Å². The number of carbonyl (C=O) groups is 1. The molecule has 3 N–H and O–H groups in total. The normalized spacial score (nSPS) is 11.3. The van der Waals surface area contributed by atoms with Gasteiger partial charge in [0.15, 0.2) is 0 Å². The van der Waals surface area contributed by atoms with Gasteiger partial charge in [0, 0.05) is 20.1 Å². The van der Waals surface area contributed by atoms with Crippen LogP contribution in [0, 0.1) is 0 Å². The summed E-state index contributed by atoms with van der Waals surface area (Å²) in [7, 11) is 0. The number of amides is 1. The average molecular weight is 304 g/mol. The van der Waals surface area contributed by atoms with E-state index in [0.717, 1.165) is 25.0 Å². The van der Waals surface area contributed by atoms with E-state index < -0.39 is 11.7 Å². The fourth-order valence-corrected chi connectivity index (χ4v) is 1.80. The van der Waals surface area contributed by atoms with E-state index >= 15 is 0 Å². The van der Waals surface area contributed by atoms with Gasteiger partial charge in [0.25, 0.3) is 0 Å². The molecule has 0 bridgehead atoms. The van der Waals surface area contributed by atoms with Crippen molar-refractivity contribution >= 4 is 17.3 Å². The number of hydrogen-bond donors (Lipinski definition) is 3. The molecule has 4 nitrogen and oxygen atoms in total. The molecule has 0 atom stereocenters. The van der Waals surface area contributed by atoms with E-state index in [4.69, 9.17) is 5.11 Å². The van der Waals surface area contributed by atoms with E-state index in [0.29, 0.717) is 18.7 Å². The molecule has 0 spiro atoms. The number of alkyl halides is 3. The van der Waals surface area contributed by atoms with E-state index in [1.807, 2.05) is 0 Å². The molecule has 0 aliphatic carbocycles. The highest BCUT2D eigenvalue weighted by atomic mass is 19.4. The van der Waals surface area contributed by atoms with Crippen molar-refractivity contribution in [3.8, 4) is 0 Å². The second kappa shape index (κ2) is 7.87. The Morgan fingerprint density at radius 1 is 1.19 bits per heavy atom.